The predicted octanol–water partition coefficient (Wildman–Crippen LogP) is 5.00. The fraction of sp³-hybridized carbons (Fsp3) is 0.966. The summed E-state index contributed by atoms with van der Waals surface area (Å²) < 4.78 is 0. The van der Waals surface area contributed by atoms with E-state index in [1.54, 1.807) is 0 Å². The monoisotopic (exact) mass is 472 g/mol. The number of urea groups is 1. The Kier molecular flexibility index (Phi) is 7.25. The SMILES string of the molecule is CC(CNC(=O)N1CCCC1)C1CCC2C3CCC4CC(NCCN)CCC4(C)C3CCC12C. The first kappa shape index (κ1) is 24.9. The molecule has 5 nitrogen and oxygen atoms in total. The molecule has 194 valence electrons. The molecule has 9 unspecified atom stereocenters. The van der Waals surface area contributed by atoms with Crippen LogP contribution in [0.15, 0.2) is 0 Å². The van der Waals surface area contributed by atoms with Crippen molar-refractivity contribution in [3.63, 3.8) is 0 Å². The second kappa shape index (κ2) is 9.92. The van der Waals surface area contributed by atoms with E-state index in [2.05, 4.69) is 31.4 Å². The topological polar surface area (TPSA) is 70.4 Å². The number of rotatable bonds is 6. The van der Waals surface area contributed by atoms with Gasteiger partial charge in [0.25, 0.3) is 0 Å². The lowest BCUT2D eigenvalue weighted by molar-refractivity contribution is -0.117. The Labute approximate surface area is 208 Å². The molecule has 0 aromatic carbocycles. The normalized spacial score (nSPS) is 44.8. The van der Waals surface area contributed by atoms with Crippen LogP contribution in [-0.4, -0.2) is 49.7 Å². The van der Waals surface area contributed by atoms with Crippen molar-refractivity contribution in [2.45, 2.75) is 97.4 Å². The van der Waals surface area contributed by atoms with Crippen molar-refractivity contribution >= 4 is 6.03 Å². The molecule has 1 aliphatic heterocycles. The third-order valence-corrected chi connectivity index (χ3v) is 12.0. The van der Waals surface area contributed by atoms with Gasteiger partial charge in [-0.25, -0.2) is 4.79 Å². The molecule has 2 amide bonds. The van der Waals surface area contributed by atoms with Gasteiger partial charge in [-0.2, -0.15) is 0 Å². The second-order valence-electron chi connectivity index (χ2n) is 13.5. The molecule has 1 heterocycles. The molecule has 0 spiro atoms. The van der Waals surface area contributed by atoms with Crippen molar-refractivity contribution in [1.82, 2.24) is 15.5 Å². The minimum atomic E-state index is 0.176. The molecule has 34 heavy (non-hydrogen) atoms. The van der Waals surface area contributed by atoms with E-state index >= 15 is 0 Å². The smallest absolute Gasteiger partial charge is 0.317 e. The van der Waals surface area contributed by atoms with Crippen LogP contribution in [0.1, 0.15) is 91.4 Å². The third-order valence-electron chi connectivity index (χ3n) is 12.0. The first-order valence-corrected chi connectivity index (χ1v) is 14.8. The molecule has 0 aromatic heterocycles. The Bertz CT molecular complexity index is 723. The molecule has 5 aliphatic rings. The van der Waals surface area contributed by atoms with Crippen LogP contribution in [0.2, 0.25) is 0 Å². The summed E-state index contributed by atoms with van der Waals surface area (Å²) in [6, 6.07) is 0.870. The fourth-order valence-corrected chi connectivity index (χ4v) is 10.1. The largest absolute Gasteiger partial charge is 0.338 e. The van der Waals surface area contributed by atoms with Crippen LogP contribution in [0.4, 0.5) is 4.79 Å². The van der Waals surface area contributed by atoms with E-state index in [1.807, 2.05) is 4.90 Å². The van der Waals surface area contributed by atoms with E-state index in [1.165, 1.54) is 70.6 Å². The molecule has 1 saturated heterocycles. The number of nitrogens with two attached hydrogens (primary N) is 1. The Morgan fingerprint density at radius 1 is 1.00 bits per heavy atom. The van der Waals surface area contributed by atoms with Crippen molar-refractivity contribution in [3.05, 3.63) is 0 Å². The highest BCUT2D eigenvalue weighted by Gasteiger charge is 2.60. The van der Waals surface area contributed by atoms with E-state index in [-0.39, 0.29) is 6.03 Å². The van der Waals surface area contributed by atoms with Gasteiger partial charge in [-0.3, -0.25) is 0 Å². The molecule has 5 rings (SSSR count). The van der Waals surface area contributed by atoms with Crippen LogP contribution >= 0.6 is 0 Å². The van der Waals surface area contributed by atoms with Gasteiger partial charge in [0, 0.05) is 38.8 Å². The summed E-state index contributed by atoms with van der Waals surface area (Å²) in [5.41, 5.74) is 6.79. The maximum Gasteiger partial charge on any atom is 0.317 e. The first-order chi connectivity index (χ1) is 16.4. The molecular weight excluding hydrogens is 420 g/mol. The molecule has 4 aliphatic carbocycles. The zero-order valence-electron chi connectivity index (χ0n) is 22.3. The van der Waals surface area contributed by atoms with Crippen LogP contribution in [0.3, 0.4) is 0 Å². The van der Waals surface area contributed by atoms with Crippen molar-refractivity contribution in [2.75, 3.05) is 32.7 Å². The Morgan fingerprint density at radius 2 is 1.74 bits per heavy atom. The highest BCUT2D eigenvalue weighted by atomic mass is 16.2. The zero-order chi connectivity index (χ0) is 23.9. The minimum absolute atomic E-state index is 0.176. The second-order valence-corrected chi connectivity index (χ2v) is 13.5. The third kappa shape index (κ3) is 4.31. The van der Waals surface area contributed by atoms with Gasteiger partial charge in [0.1, 0.15) is 0 Å². The molecule has 0 aromatic rings. The summed E-state index contributed by atoms with van der Waals surface area (Å²) in [7, 11) is 0. The number of hydrogen-bond acceptors (Lipinski definition) is 3. The molecule has 5 heteroatoms. The molecule has 4 N–H and O–H groups in total. The number of nitrogens with zero attached hydrogens (tertiary/aromatic N) is 1. The number of likely N-dealkylation sites (tertiary alicyclic amines) is 1. The van der Waals surface area contributed by atoms with Crippen LogP contribution in [-0.2, 0) is 0 Å². The maximum absolute atomic E-state index is 12.6. The van der Waals surface area contributed by atoms with Crippen LogP contribution in [0.5, 0.6) is 0 Å². The van der Waals surface area contributed by atoms with Gasteiger partial charge in [0.2, 0.25) is 0 Å². The number of fused-ring (bicyclic) bond motifs is 5. The van der Waals surface area contributed by atoms with Crippen molar-refractivity contribution < 1.29 is 4.79 Å². The van der Waals surface area contributed by atoms with Gasteiger partial charge < -0.3 is 21.3 Å². The lowest BCUT2D eigenvalue weighted by atomic mass is 9.44. The van der Waals surface area contributed by atoms with E-state index < -0.39 is 0 Å². The van der Waals surface area contributed by atoms with Crippen LogP contribution < -0.4 is 16.4 Å². The van der Waals surface area contributed by atoms with Crippen molar-refractivity contribution in [3.8, 4) is 0 Å². The molecule has 5 fully saturated rings. The molecule has 4 saturated carbocycles. The lowest BCUT2D eigenvalue weighted by Gasteiger charge is -2.61. The molecule has 0 bridgehead atoms. The Balaban J connectivity index is 1.21. The van der Waals surface area contributed by atoms with Gasteiger partial charge in [-0.05, 0) is 117 Å². The number of carbonyl (C=O) groups is 1. The minimum Gasteiger partial charge on any atom is -0.338 e. The summed E-state index contributed by atoms with van der Waals surface area (Å²) in [4.78, 5) is 14.6. The van der Waals surface area contributed by atoms with E-state index in [4.69, 9.17) is 5.73 Å². The fourth-order valence-electron chi connectivity index (χ4n) is 10.1. The highest BCUT2D eigenvalue weighted by molar-refractivity contribution is 5.74. The highest BCUT2D eigenvalue weighted by Crippen LogP contribution is 2.68. The summed E-state index contributed by atoms with van der Waals surface area (Å²) in [5.74, 6) is 5.01. The molecule has 9 atom stereocenters. The van der Waals surface area contributed by atoms with Crippen molar-refractivity contribution in [1.29, 1.82) is 0 Å². The zero-order valence-corrected chi connectivity index (χ0v) is 22.3. The molecular formula is C29H52N4O. The average Bonchev–Trinajstić information content (AvgIpc) is 3.49. The number of nitrogens with one attached hydrogen (secondary N) is 2. The van der Waals surface area contributed by atoms with Gasteiger partial charge in [0.05, 0.1) is 0 Å². The lowest BCUT2D eigenvalue weighted by Crippen LogP contribution is -2.55. The van der Waals surface area contributed by atoms with Gasteiger partial charge in [-0.1, -0.05) is 20.8 Å². The number of carbonyl (C=O) groups excluding carboxylic acids is 1. The van der Waals surface area contributed by atoms with Crippen LogP contribution in [0, 0.1) is 46.3 Å². The average molecular weight is 473 g/mol. The number of hydrogen-bond donors (Lipinski definition) is 3. The summed E-state index contributed by atoms with van der Waals surface area (Å²) in [6.45, 7) is 12.2. The van der Waals surface area contributed by atoms with Gasteiger partial charge in [0.15, 0.2) is 0 Å². The van der Waals surface area contributed by atoms with E-state index in [9.17, 15) is 4.79 Å². The van der Waals surface area contributed by atoms with Crippen LogP contribution in [0.25, 0.3) is 0 Å². The standard InChI is InChI=1S/C29H52N4O/c1-20(19-32-27(34)33-16-4-5-17-33)24-8-9-25-23-7-6-21-18-22(31-15-14-30)10-12-28(21,2)26(23)11-13-29(24,25)3/h20-26,31H,4-19,30H2,1-3H3,(H,32,34). The summed E-state index contributed by atoms with van der Waals surface area (Å²) >= 11 is 0. The number of amides is 2. The first-order valence-electron chi connectivity index (χ1n) is 14.8. The quantitative estimate of drug-likeness (QED) is 0.509. The van der Waals surface area contributed by atoms with E-state index in [0.29, 0.717) is 22.8 Å². The Hall–Kier alpha value is -0.810. The Morgan fingerprint density at radius 3 is 2.50 bits per heavy atom. The predicted molar refractivity (Wildman–Crippen MR) is 139 cm³/mol. The van der Waals surface area contributed by atoms with Gasteiger partial charge in [-0.15, -0.1) is 0 Å². The van der Waals surface area contributed by atoms with Crippen molar-refractivity contribution in [2.24, 2.45) is 52.1 Å². The summed E-state index contributed by atoms with van der Waals surface area (Å²) in [6.07, 6.45) is 15.0. The van der Waals surface area contributed by atoms with E-state index in [0.717, 1.165) is 62.3 Å². The maximum atomic E-state index is 12.6. The van der Waals surface area contributed by atoms with Gasteiger partial charge >= 0.3 is 6.03 Å². The molecule has 0 radical (unpaired) electrons. The summed E-state index contributed by atoms with van der Waals surface area (Å²) in [5, 5.41) is 7.04.